The van der Waals surface area contributed by atoms with Crippen molar-refractivity contribution in [2.45, 2.75) is 6.42 Å². The summed E-state index contributed by atoms with van der Waals surface area (Å²) >= 11 is 5.90. The molecule has 3 amide bonds. The van der Waals surface area contributed by atoms with E-state index in [0.29, 0.717) is 49.9 Å². The van der Waals surface area contributed by atoms with Gasteiger partial charge >= 0.3 is 0 Å². The molecule has 0 aliphatic carbocycles. The van der Waals surface area contributed by atoms with Gasteiger partial charge in [-0.05, 0) is 42.8 Å². The Labute approximate surface area is 167 Å². The second-order valence-electron chi connectivity index (χ2n) is 6.90. The maximum Gasteiger partial charge on any atom is 0.289 e. The molecule has 28 heavy (non-hydrogen) atoms. The Morgan fingerprint density at radius 1 is 0.964 bits per heavy atom. The lowest BCUT2D eigenvalue weighted by molar-refractivity contribution is -0.141. The maximum absolute atomic E-state index is 12.9. The van der Waals surface area contributed by atoms with Crippen LogP contribution in [0.1, 0.15) is 17.0 Å². The minimum Gasteiger partial charge on any atom is -0.459 e. The van der Waals surface area contributed by atoms with Crippen LogP contribution in [0.2, 0.25) is 5.02 Å². The molecule has 1 aromatic carbocycles. The molecule has 0 bridgehead atoms. The standard InChI is InChI=1S/C20H20ClN3O4/c21-14-3-5-15(6-4-14)24-8-7-16(19(24)26)18(25)22-9-11-23(12-10-22)20(27)17-2-1-13-28-17/h1-6,13,16H,7-12H2/t16-/m0/s1. The summed E-state index contributed by atoms with van der Waals surface area (Å²) in [4.78, 5) is 43.0. The van der Waals surface area contributed by atoms with Crippen molar-refractivity contribution in [2.24, 2.45) is 5.92 Å². The van der Waals surface area contributed by atoms with E-state index in [1.807, 2.05) is 0 Å². The minimum absolute atomic E-state index is 0.161. The highest BCUT2D eigenvalue weighted by Crippen LogP contribution is 2.28. The van der Waals surface area contributed by atoms with Gasteiger partial charge in [-0.2, -0.15) is 0 Å². The first-order chi connectivity index (χ1) is 13.5. The van der Waals surface area contributed by atoms with E-state index in [1.54, 1.807) is 51.1 Å². The lowest BCUT2D eigenvalue weighted by atomic mass is 10.1. The van der Waals surface area contributed by atoms with E-state index in [1.165, 1.54) is 6.26 Å². The Morgan fingerprint density at radius 2 is 1.64 bits per heavy atom. The number of anilines is 1. The van der Waals surface area contributed by atoms with Gasteiger partial charge in [0, 0.05) is 43.4 Å². The second kappa shape index (κ2) is 7.67. The summed E-state index contributed by atoms with van der Waals surface area (Å²) in [6.45, 7) is 2.18. The van der Waals surface area contributed by atoms with Gasteiger partial charge in [-0.25, -0.2) is 0 Å². The molecule has 2 aliphatic rings. The van der Waals surface area contributed by atoms with E-state index in [9.17, 15) is 14.4 Å². The molecule has 0 radical (unpaired) electrons. The zero-order valence-electron chi connectivity index (χ0n) is 15.2. The van der Waals surface area contributed by atoms with Crippen LogP contribution in [0.3, 0.4) is 0 Å². The Hall–Kier alpha value is -2.80. The smallest absolute Gasteiger partial charge is 0.289 e. The molecule has 0 spiro atoms. The average Bonchev–Trinajstić information content (AvgIpc) is 3.38. The summed E-state index contributed by atoms with van der Waals surface area (Å²) in [5.74, 6) is -0.886. The number of benzene rings is 1. The van der Waals surface area contributed by atoms with Crippen LogP contribution in [0, 0.1) is 5.92 Å². The van der Waals surface area contributed by atoms with Crippen molar-refractivity contribution in [1.29, 1.82) is 0 Å². The molecular weight excluding hydrogens is 382 g/mol. The number of nitrogens with zero attached hydrogens (tertiary/aromatic N) is 3. The van der Waals surface area contributed by atoms with Crippen LogP contribution in [0.4, 0.5) is 5.69 Å². The van der Waals surface area contributed by atoms with Crippen LogP contribution < -0.4 is 4.90 Å². The van der Waals surface area contributed by atoms with Gasteiger partial charge in [0.25, 0.3) is 5.91 Å². The van der Waals surface area contributed by atoms with Crippen LogP contribution in [0.25, 0.3) is 0 Å². The molecule has 0 unspecified atom stereocenters. The topological polar surface area (TPSA) is 74.1 Å². The molecule has 7 nitrogen and oxygen atoms in total. The predicted molar refractivity (Wildman–Crippen MR) is 103 cm³/mol. The van der Waals surface area contributed by atoms with Crippen LogP contribution in [-0.4, -0.2) is 60.2 Å². The fraction of sp³-hybridized carbons (Fsp3) is 0.350. The number of piperazine rings is 1. The van der Waals surface area contributed by atoms with Gasteiger partial charge in [0.2, 0.25) is 11.8 Å². The van der Waals surface area contributed by atoms with E-state index < -0.39 is 5.92 Å². The monoisotopic (exact) mass is 401 g/mol. The number of hydrogen-bond acceptors (Lipinski definition) is 4. The molecule has 1 atom stereocenters. The van der Waals surface area contributed by atoms with Crippen molar-refractivity contribution in [1.82, 2.24) is 9.80 Å². The molecule has 2 fully saturated rings. The van der Waals surface area contributed by atoms with E-state index in [0.717, 1.165) is 5.69 Å². The Morgan fingerprint density at radius 3 is 2.29 bits per heavy atom. The molecule has 0 N–H and O–H groups in total. The summed E-state index contributed by atoms with van der Waals surface area (Å²) in [5.41, 5.74) is 0.749. The van der Waals surface area contributed by atoms with Crippen LogP contribution in [0.15, 0.2) is 47.1 Å². The molecule has 8 heteroatoms. The summed E-state index contributed by atoms with van der Waals surface area (Å²) in [7, 11) is 0. The molecule has 2 aromatic rings. The van der Waals surface area contributed by atoms with Gasteiger partial charge in [-0.15, -0.1) is 0 Å². The molecular formula is C20H20ClN3O4. The highest BCUT2D eigenvalue weighted by Gasteiger charge is 2.40. The van der Waals surface area contributed by atoms with E-state index >= 15 is 0 Å². The Balaban J connectivity index is 1.36. The van der Waals surface area contributed by atoms with Gasteiger partial charge in [0.15, 0.2) is 5.76 Å². The summed E-state index contributed by atoms with van der Waals surface area (Å²) in [5, 5.41) is 0.602. The lowest BCUT2D eigenvalue weighted by Gasteiger charge is -2.35. The molecule has 146 valence electrons. The minimum atomic E-state index is -0.664. The molecule has 2 saturated heterocycles. The Kier molecular flexibility index (Phi) is 5.09. The van der Waals surface area contributed by atoms with Crippen molar-refractivity contribution in [3.63, 3.8) is 0 Å². The summed E-state index contributed by atoms with van der Waals surface area (Å²) in [6, 6.07) is 10.3. The van der Waals surface area contributed by atoms with Gasteiger partial charge in [0.1, 0.15) is 5.92 Å². The van der Waals surface area contributed by atoms with Crippen molar-refractivity contribution in [2.75, 3.05) is 37.6 Å². The quantitative estimate of drug-likeness (QED) is 0.739. The second-order valence-corrected chi connectivity index (χ2v) is 7.34. The number of hydrogen-bond donors (Lipinski definition) is 0. The van der Waals surface area contributed by atoms with Crippen molar-refractivity contribution < 1.29 is 18.8 Å². The maximum atomic E-state index is 12.9. The molecule has 1 aromatic heterocycles. The Bertz CT molecular complexity index is 873. The molecule has 4 rings (SSSR count). The SMILES string of the molecule is O=C(c1ccco1)N1CCN(C(=O)[C@@H]2CCN(c3ccc(Cl)cc3)C2=O)CC1. The third kappa shape index (κ3) is 3.49. The first kappa shape index (κ1) is 18.6. The number of halogens is 1. The largest absolute Gasteiger partial charge is 0.459 e. The molecule has 2 aliphatic heterocycles. The van der Waals surface area contributed by atoms with Crippen molar-refractivity contribution in [3.8, 4) is 0 Å². The fourth-order valence-corrected chi connectivity index (χ4v) is 3.82. The van der Waals surface area contributed by atoms with Gasteiger partial charge < -0.3 is 19.1 Å². The number of carbonyl (C=O) groups is 3. The van der Waals surface area contributed by atoms with E-state index in [2.05, 4.69) is 0 Å². The number of amides is 3. The average molecular weight is 402 g/mol. The van der Waals surface area contributed by atoms with Gasteiger partial charge in [-0.3, -0.25) is 14.4 Å². The first-order valence-corrected chi connectivity index (χ1v) is 9.61. The van der Waals surface area contributed by atoms with Crippen molar-refractivity contribution in [3.05, 3.63) is 53.4 Å². The van der Waals surface area contributed by atoms with E-state index in [4.69, 9.17) is 16.0 Å². The number of furan rings is 1. The van der Waals surface area contributed by atoms with E-state index in [-0.39, 0.29) is 17.7 Å². The van der Waals surface area contributed by atoms with Crippen LogP contribution in [-0.2, 0) is 9.59 Å². The summed E-state index contributed by atoms with van der Waals surface area (Å²) in [6.07, 6.45) is 1.96. The zero-order valence-corrected chi connectivity index (χ0v) is 16.0. The van der Waals surface area contributed by atoms with Gasteiger partial charge in [0.05, 0.1) is 6.26 Å². The molecule has 3 heterocycles. The normalized spacial score (nSPS) is 20.0. The highest BCUT2D eigenvalue weighted by atomic mass is 35.5. The number of carbonyl (C=O) groups excluding carboxylic acids is 3. The first-order valence-electron chi connectivity index (χ1n) is 9.23. The van der Waals surface area contributed by atoms with Crippen LogP contribution >= 0.6 is 11.6 Å². The van der Waals surface area contributed by atoms with Gasteiger partial charge in [-0.1, -0.05) is 11.6 Å². The highest BCUT2D eigenvalue weighted by molar-refractivity contribution is 6.30. The fourth-order valence-electron chi connectivity index (χ4n) is 3.69. The third-order valence-electron chi connectivity index (χ3n) is 5.25. The summed E-state index contributed by atoms with van der Waals surface area (Å²) < 4.78 is 5.15. The zero-order chi connectivity index (χ0) is 19.7. The predicted octanol–water partition coefficient (Wildman–Crippen LogP) is 2.27. The van der Waals surface area contributed by atoms with Crippen molar-refractivity contribution >= 4 is 35.0 Å². The third-order valence-corrected chi connectivity index (χ3v) is 5.50. The van der Waals surface area contributed by atoms with Crippen LogP contribution in [0.5, 0.6) is 0 Å². The molecule has 0 saturated carbocycles. The lowest BCUT2D eigenvalue weighted by Crippen LogP contribution is -2.52. The number of rotatable bonds is 3.